The van der Waals surface area contributed by atoms with Crippen LogP contribution in [0.25, 0.3) is 0 Å². The van der Waals surface area contributed by atoms with Crippen molar-refractivity contribution in [2.45, 2.75) is 6.61 Å². The van der Waals surface area contributed by atoms with Crippen LogP contribution in [0, 0.1) is 11.3 Å². The maximum absolute atomic E-state index is 9.07. The molecule has 0 unspecified atom stereocenters. The maximum Gasteiger partial charge on any atom is 0.205 e. The summed E-state index contributed by atoms with van der Waals surface area (Å²) in [5.41, 5.74) is 1.54. The predicted molar refractivity (Wildman–Crippen MR) is 72.9 cm³/mol. The Morgan fingerprint density at radius 3 is 2.50 bits per heavy atom. The maximum atomic E-state index is 9.07. The molecule has 100 valence electrons. The van der Waals surface area contributed by atoms with E-state index in [0.717, 1.165) is 5.56 Å². The summed E-state index contributed by atoms with van der Waals surface area (Å²) >= 11 is 0. The van der Waals surface area contributed by atoms with Gasteiger partial charge in [-0.2, -0.15) is 5.26 Å². The second-order valence-electron chi connectivity index (χ2n) is 4.35. The Balaban J connectivity index is 1.85. The SMILES string of the molecule is N#Cc1ccc(OCc2ccccc2)c2c1OCCO2. The summed E-state index contributed by atoms with van der Waals surface area (Å²) < 4.78 is 16.9. The van der Waals surface area contributed by atoms with Crippen LogP contribution >= 0.6 is 0 Å². The van der Waals surface area contributed by atoms with Gasteiger partial charge < -0.3 is 14.2 Å². The van der Waals surface area contributed by atoms with E-state index < -0.39 is 0 Å². The van der Waals surface area contributed by atoms with Gasteiger partial charge in [0.2, 0.25) is 5.75 Å². The van der Waals surface area contributed by atoms with Crippen LogP contribution in [0.1, 0.15) is 11.1 Å². The molecular formula is C16H13NO3. The van der Waals surface area contributed by atoms with Gasteiger partial charge in [-0.15, -0.1) is 0 Å². The molecule has 0 N–H and O–H groups in total. The van der Waals surface area contributed by atoms with Crippen LogP contribution in [-0.2, 0) is 6.61 Å². The van der Waals surface area contributed by atoms with E-state index in [0.29, 0.717) is 42.6 Å². The lowest BCUT2D eigenvalue weighted by atomic mass is 10.1. The molecule has 3 rings (SSSR count). The number of ether oxygens (including phenoxy) is 3. The first-order valence-electron chi connectivity index (χ1n) is 6.38. The fraction of sp³-hybridized carbons (Fsp3) is 0.188. The molecule has 0 aromatic heterocycles. The molecule has 20 heavy (non-hydrogen) atoms. The second-order valence-corrected chi connectivity index (χ2v) is 4.35. The highest BCUT2D eigenvalue weighted by Gasteiger charge is 2.21. The highest BCUT2D eigenvalue weighted by molar-refractivity contribution is 5.60. The van der Waals surface area contributed by atoms with Crippen LogP contribution < -0.4 is 14.2 Å². The number of nitriles is 1. The van der Waals surface area contributed by atoms with Gasteiger partial charge in [-0.25, -0.2) is 0 Å². The Kier molecular flexibility index (Phi) is 3.42. The number of rotatable bonds is 3. The first-order valence-corrected chi connectivity index (χ1v) is 6.38. The van der Waals surface area contributed by atoms with Crippen LogP contribution in [0.2, 0.25) is 0 Å². The van der Waals surface area contributed by atoms with Gasteiger partial charge in [-0.1, -0.05) is 30.3 Å². The summed E-state index contributed by atoms with van der Waals surface area (Å²) in [7, 11) is 0. The van der Waals surface area contributed by atoms with Gasteiger partial charge in [-0.3, -0.25) is 0 Å². The molecule has 0 saturated carbocycles. The molecule has 1 aliphatic heterocycles. The van der Waals surface area contributed by atoms with Crippen LogP contribution in [0.4, 0.5) is 0 Å². The van der Waals surface area contributed by atoms with Crippen molar-refractivity contribution in [2.24, 2.45) is 0 Å². The number of hydrogen-bond acceptors (Lipinski definition) is 4. The van der Waals surface area contributed by atoms with Crippen molar-refractivity contribution < 1.29 is 14.2 Å². The third-order valence-corrected chi connectivity index (χ3v) is 3.01. The van der Waals surface area contributed by atoms with Crippen molar-refractivity contribution in [1.82, 2.24) is 0 Å². The van der Waals surface area contributed by atoms with Gasteiger partial charge in [0.25, 0.3) is 0 Å². The third-order valence-electron chi connectivity index (χ3n) is 3.01. The number of hydrogen-bond donors (Lipinski definition) is 0. The van der Waals surface area contributed by atoms with Gasteiger partial charge in [0.1, 0.15) is 25.9 Å². The zero-order valence-electron chi connectivity index (χ0n) is 10.8. The van der Waals surface area contributed by atoms with Crippen molar-refractivity contribution in [2.75, 3.05) is 13.2 Å². The molecule has 2 aromatic carbocycles. The summed E-state index contributed by atoms with van der Waals surface area (Å²) in [5, 5.41) is 9.07. The lowest BCUT2D eigenvalue weighted by Crippen LogP contribution is -2.17. The van der Waals surface area contributed by atoms with Crippen LogP contribution in [0.15, 0.2) is 42.5 Å². The fourth-order valence-electron chi connectivity index (χ4n) is 2.05. The minimum atomic E-state index is 0.447. The van der Waals surface area contributed by atoms with Crippen molar-refractivity contribution in [3.05, 3.63) is 53.6 Å². The summed E-state index contributed by atoms with van der Waals surface area (Å²) in [4.78, 5) is 0. The molecule has 0 fully saturated rings. The highest BCUT2D eigenvalue weighted by atomic mass is 16.6. The Hall–Kier alpha value is -2.67. The third kappa shape index (κ3) is 2.39. The molecular weight excluding hydrogens is 254 g/mol. The van der Waals surface area contributed by atoms with E-state index in [1.54, 1.807) is 12.1 Å². The lowest BCUT2D eigenvalue weighted by Gasteiger charge is -2.21. The summed E-state index contributed by atoms with van der Waals surface area (Å²) in [6, 6.07) is 15.4. The fourth-order valence-corrected chi connectivity index (χ4v) is 2.05. The van der Waals surface area contributed by atoms with E-state index in [2.05, 4.69) is 6.07 Å². The average molecular weight is 267 g/mol. The smallest absolute Gasteiger partial charge is 0.205 e. The van der Waals surface area contributed by atoms with E-state index in [-0.39, 0.29) is 0 Å². The molecule has 0 bridgehead atoms. The Bertz CT molecular complexity index is 647. The van der Waals surface area contributed by atoms with Crippen molar-refractivity contribution in [3.63, 3.8) is 0 Å². The first kappa shape index (κ1) is 12.4. The average Bonchev–Trinajstić information content (AvgIpc) is 2.53. The van der Waals surface area contributed by atoms with E-state index in [1.807, 2.05) is 30.3 Å². The molecule has 1 heterocycles. The monoisotopic (exact) mass is 267 g/mol. The summed E-state index contributed by atoms with van der Waals surface area (Å²) in [6.45, 7) is 1.36. The van der Waals surface area contributed by atoms with Gasteiger partial charge >= 0.3 is 0 Å². The van der Waals surface area contributed by atoms with Crippen LogP contribution in [0.3, 0.4) is 0 Å². The van der Waals surface area contributed by atoms with E-state index in [4.69, 9.17) is 19.5 Å². The highest BCUT2D eigenvalue weighted by Crippen LogP contribution is 2.41. The Morgan fingerprint density at radius 2 is 1.75 bits per heavy atom. The molecule has 4 heteroatoms. The summed E-state index contributed by atoms with van der Waals surface area (Å²) in [5.74, 6) is 1.60. The first-order chi connectivity index (χ1) is 9.88. The molecule has 1 aliphatic rings. The minimum Gasteiger partial charge on any atom is -0.485 e. The normalized spacial score (nSPS) is 12.6. The number of nitrogens with zero attached hydrogens (tertiary/aromatic N) is 1. The molecule has 2 aromatic rings. The molecule has 0 spiro atoms. The van der Waals surface area contributed by atoms with Crippen molar-refractivity contribution in [3.8, 4) is 23.3 Å². The van der Waals surface area contributed by atoms with E-state index in [1.165, 1.54) is 0 Å². The Labute approximate surface area is 117 Å². The number of fused-ring (bicyclic) bond motifs is 1. The quantitative estimate of drug-likeness (QED) is 0.858. The van der Waals surface area contributed by atoms with Gasteiger partial charge in [0.05, 0.1) is 5.56 Å². The zero-order chi connectivity index (χ0) is 13.8. The lowest BCUT2D eigenvalue weighted by molar-refractivity contribution is 0.160. The number of benzene rings is 2. The molecule has 0 amide bonds. The summed E-state index contributed by atoms with van der Waals surface area (Å²) in [6.07, 6.45) is 0. The van der Waals surface area contributed by atoms with Crippen molar-refractivity contribution in [1.29, 1.82) is 5.26 Å². The molecule has 0 radical (unpaired) electrons. The molecule has 0 saturated heterocycles. The topological polar surface area (TPSA) is 51.5 Å². The largest absolute Gasteiger partial charge is 0.485 e. The van der Waals surface area contributed by atoms with Gasteiger partial charge in [0.15, 0.2) is 11.5 Å². The van der Waals surface area contributed by atoms with Crippen LogP contribution in [0.5, 0.6) is 17.2 Å². The standard InChI is InChI=1S/C16H13NO3/c17-10-13-6-7-14(16-15(13)18-8-9-19-16)20-11-12-4-2-1-3-5-12/h1-7H,8-9,11H2. The van der Waals surface area contributed by atoms with Crippen molar-refractivity contribution >= 4 is 0 Å². The zero-order valence-corrected chi connectivity index (χ0v) is 10.8. The second kappa shape index (κ2) is 5.54. The van der Waals surface area contributed by atoms with E-state index >= 15 is 0 Å². The molecule has 0 atom stereocenters. The van der Waals surface area contributed by atoms with Gasteiger partial charge in [0, 0.05) is 0 Å². The molecule has 4 nitrogen and oxygen atoms in total. The van der Waals surface area contributed by atoms with E-state index in [9.17, 15) is 0 Å². The predicted octanol–water partition coefficient (Wildman–Crippen LogP) is 2.91. The molecule has 0 aliphatic carbocycles. The Morgan fingerprint density at radius 1 is 1.00 bits per heavy atom. The minimum absolute atomic E-state index is 0.447. The van der Waals surface area contributed by atoms with Crippen LogP contribution in [-0.4, -0.2) is 13.2 Å². The van der Waals surface area contributed by atoms with Gasteiger partial charge in [-0.05, 0) is 17.7 Å².